The summed E-state index contributed by atoms with van der Waals surface area (Å²) in [5, 5.41) is 9.50. The van der Waals surface area contributed by atoms with Crippen molar-refractivity contribution < 1.29 is 4.79 Å². The van der Waals surface area contributed by atoms with Crippen LogP contribution in [0.3, 0.4) is 0 Å². The highest BCUT2D eigenvalue weighted by Crippen LogP contribution is 2.02. The number of carbonyl (C=O) groups excluding carboxylic acids is 1. The second-order valence-electron chi connectivity index (χ2n) is 3.04. The van der Waals surface area contributed by atoms with Crippen LogP contribution in [-0.4, -0.2) is 22.1 Å². The molecule has 1 aromatic heterocycles. The fourth-order valence-corrected chi connectivity index (χ4v) is 0.884. The van der Waals surface area contributed by atoms with E-state index in [1.54, 1.807) is 13.8 Å². The van der Waals surface area contributed by atoms with Gasteiger partial charge in [-0.05, 0) is 19.4 Å². The monoisotopic (exact) mass is 234 g/mol. The predicted octanol–water partition coefficient (Wildman–Crippen LogP) is 2.35. The molecule has 0 fully saturated rings. The Labute approximate surface area is 102 Å². The molecular weight excluding hydrogens is 216 g/mol. The van der Waals surface area contributed by atoms with Crippen LogP contribution in [0, 0.1) is 12.3 Å². The summed E-state index contributed by atoms with van der Waals surface area (Å²) in [6.45, 7) is 7.45. The number of nitrogens with zero attached hydrogens (tertiary/aromatic N) is 2. The Morgan fingerprint density at radius 2 is 1.88 bits per heavy atom. The number of rotatable bonds is 3. The van der Waals surface area contributed by atoms with E-state index in [2.05, 4.69) is 15.3 Å². The summed E-state index contributed by atoms with van der Waals surface area (Å²) in [6.07, 6.45) is 5.53. The first kappa shape index (κ1) is 15.0. The van der Waals surface area contributed by atoms with Crippen LogP contribution in [-0.2, 0) is 4.79 Å². The number of aromatic nitrogens is 2. The molecule has 5 heteroatoms. The summed E-state index contributed by atoms with van der Waals surface area (Å²) in [7, 11) is 0. The van der Waals surface area contributed by atoms with Gasteiger partial charge in [-0.15, -0.1) is 0 Å². The van der Waals surface area contributed by atoms with E-state index in [1.165, 1.54) is 18.5 Å². The zero-order valence-corrected chi connectivity index (χ0v) is 10.6. The molecule has 0 spiro atoms. The van der Waals surface area contributed by atoms with Gasteiger partial charge in [-0.1, -0.05) is 13.8 Å². The number of carbonyl (C=O) groups is 1. The molecule has 92 valence electrons. The number of amides is 1. The van der Waals surface area contributed by atoms with E-state index in [0.29, 0.717) is 17.1 Å². The van der Waals surface area contributed by atoms with Crippen LogP contribution in [0.4, 0.5) is 5.69 Å². The molecule has 1 amide bonds. The van der Waals surface area contributed by atoms with Crippen molar-refractivity contribution in [3.63, 3.8) is 0 Å². The van der Waals surface area contributed by atoms with Gasteiger partial charge in [0.25, 0.3) is 0 Å². The maximum atomic E-state index is 11.3. The molecule has 1 rings (SSSR count). The molecule has 0 bridgehead atoms. The third-order valence-electron chi connectivity index (χ3n) is 1.63. The Bertz CT molecular complexity index is 395. The molecule has 0 aliphatic heterocycles. The van der Waals surface area contributed by atoms with E-state index in [9.17, 15) is 4.79 Å². The van der Waals surface area contributed by atoms with Gasteiger partial charge in [0.05, 0.1) is 18.1 Å². The third kappa shape index (κ3) is 6.19. The molecule has 2 N–H and O–H groups in total. The molecule has 0 aromatic carbocycles. The molecular formula is C12H18N4O. The quantitative estimate of drug-likeness (QED) is 0.622. The van der Waals surface area contributed by atoms with Crippen LogP contribution in [0.2, 0.25) is 0 Å². The van der Waals surface area contributed by atoms with Gasteiger partial charge >= 0.3 is 0 Å². The first-order valence-electron chi connectivity index (χ1n) is 5.40. The van der Waals surface area contributed by atoms with E-state index in [0.717, 1.165) is 6.21 Å². The van der Waals surface area contributed by atoms with Crippen molar-refractivity contribution in [2.75, 3.05) is 5.32 Å². The van der Waals surface area contributed by atoms with E-state index in [1.807, 2.05) is 13.8 Å². The van der Waals surface area contributed by atoms with Crippen LogP contribution in [0.1, 0.15) is 26.6 Å². The highest BCUT2D eigenvalue weighted by Gasteiger charge is 1.99. The highest BCUT2D eigenvalue weighted by atomic mass is 16.1. The minimum absolute atomic E-state index is 0.288. The SMILES string of the molecule is C/C(C=N)=C/C(=O)Nc1cnc(C)nc1.CC. The van der Waals surface area contributed by atoms with Gasteiger partial charge in [0.2, 0.25) is 5.91 Å². The number of allylic oxidation sites excluding steroid dienone is 1. The maximum absolute atomic E-state index is 11.3. The Hall–Kier alpha value is -2.04. The predicted molar refractivity (Wildman–Crippen MR) is 69.3 cm³/mol. The molecule has 1 aromatic rings. The second-order valence-corrected chi connectivity index (χ2v) is 3.04. The van der Waals surface area contributed by atoms with E-state index in [-0.39, 0.29) is 5.91 Å². The summed E-state index contributed by atoms with van der Waals surface area (Å²) in [5.74, 6) is 0.364. The minimum atomic E-state index is -0.288. The summed E-state index contributed by atoms with van der Waals surface area (Å²) in [6, 6.07) is 0. The van der Waals surface area contributed by atoms with E-state index >= 15 is 0 Å². The maximum Gasteiger partial charge on any atom is 0.248 e. The van der Waals surface area contributed by atoms with Gasteiger partial charge in [0.1, 0.15) is 5.82 Å². The molecule has 0 aliphatic carbocycles. The van der Waals surface area contributed by atoms with Crippen molar-refractivity contribution in [1.29, 1.82) is 5.41 Å². The van der Waals surface area contributed by atoms with Gasteiger partial charge in [-0.2, -0.15) is 0 Å². The van der Waals surface area contributed by atoms with Crippen LogP contribution >= 0.6 is 0 Å². The molecule has 0 saturated heterocycles. The fourth-order valence-electron chi connectivity index (χ4n) is 0.884. The van der Waals surface area contributed by atoms with Gasteiger partial charge in [0, 0.05) is 12.3 Å². The Balaban J connectivity index is 0.00000121. The first-order valence-corrected chi connectivity index (χ1v) is 5.40. The largest absolute Gasteiger partial charge is 0.320 e. The Morgan fingerprint density at radius 3 is 2.35 bits per heavy atom. The normalized spacial score (nSPS) is 10.0. The topological polar surface area (TPSA) is 78.7 Å². The van der Waals surface area contributed by atoms with E-state index in [4.69, 9.17) is 5.41 Å². The van der Waals surface area contributed by atoms with Gasteiger partial charge in [-0.3, -0.25) is 4.79 Å². The molecule has 0 radical (unpaired) electrons. The van der Waals surface area contributed by atoms with Crippen LogP contribution in [0.25, 0.3) is 0 Å². The Morgan fingerprint density at radius 1 is 1.35 bits per heavy atom. The number of hydrogen-bond donors (Lipinski definition) is 2. The molecule has 0 aliphatic rings. The summed E-state index contributed by atoms with van der Waals surface area (Å²) >= 11 is 0. The molecule has 0 unspecified atom stereocenters. The third-order valence-corrected chi connectivity index (χ3v) is 1.63. The lowest BCUT2D eigenvalue weighted by Crippen LogP contribution is -2.09. The zero-order chi connectivity index (χ0) is 13.3. The smallest absolute Gasteiger partial charge is 0.248 e. The number of hydrogen-bond acceptors (Lipinski definition) is 4. The molecule has 0 atom stereocenters. The molecule has 17 heavy (non-hydrogen) atoms. The summed E-state index contributed by atoms with van der Waals surface area (Å²) < 4.78 is 0. The van der Waals surface area contributed by atoms with Crippen LogP contribution in [0.5, 0.6) is 0 Å². The number of nitrogens with one attached hydrogen (secondary N) is 2. The lowest BCUT2D eigenvalue weighted by atomic mass is 10.3. The first-order chi connectivity index (χ1) is 8.11. The van der Waals surface area contributed by atoms with Gasteiger partial charge < -0.3 is 10.7 Å². The molecule has 0 saturated carbocycles. The highest BCUT2D eigenvalue weighted by molar-refractivity contribution is 6.02. The van der Waals surface area contributed by atoms with Crippen LogP contribution in [0.15, 0.2) is 24.0 Å². The van der Waals surface area contributed by atoms with Gasteiger partial charge in [0.15, 0.2) is 0 Å². The van der Waals surface area contributed by atoms with Crippen molar-refractivity contribution in [3.8, 4) is 0 Å². The zero-order valence-electron chi connectivity index (χ0n) is 10.6. The van der Waals surface area contributed by atoms with Crippen molar-refractivity contribution in [3.05, 3.63) is 29.9 Å². The fraction of sp³-hybridized carbons (Fsp3) is 0.333. The Kier molecular flexibility index (Phi) is 7.17. The average Bonchev–Trinajstić information content (AvgIpc) is 2.34. The van der Waals surface area contributed by atoms with Gasteiger partial charge in [-0.25, -0.2) is 9.97 Å². The van der Waals surface area contributed by atoms with E-state index < -0.39 is 0 Å². The lowest BCUT2D eigenvalue weighted by molar-refractivity contribution is -0.111. The minimum Gasteiger partial charge on any atom is -0.320 e. The summed E-state index contributed by atoms with van der Waals surface area (Å²) in [5.41, 5.74) is 1.13. The second kappa shape index (κ2) is 8.15. The molecule has 1 heterocycles. The van der Waals surface area contributed by atoms with Crippen molar-refractivity contribution in [2.24, 2.45) is 0 Å². The average molecular weight is 234 g/mol. The lowest BCUT2D eigenvalue weighted by Gasteiger charge is -2.01. The number of aryl methyl sites for hydroxylation is 1. The summed E-state index contributed by atoms with van der Waals surface area (Å²) in [4.78, 5) is 19.2. The standard InChI is InChI=1S/C10H12N4O.C2H6/c1-7(4-11)3-10(15)14-9-5-12-8(2)13-6-9;1-2/h3-6,11H,1-2H3,(H,14,15);1-2H3/b7-3-,11-4?;. The number of anilines is 1. The van der Waals surface area contributed by atoms with Crippen molar-refractivity contribution >= 4 is 17.8 Å². The van der Waals surface area contributed by atoms with Crippen molar-refractivity contribution in [1.82, 2.24) is 9.97 Å². The van der Waals surface area contributed by atoms with Crippen molar-refractivity contribution in [2.45, 2.75) is 27.7 Å². The molecule has 5 nitrogen and oxygen atoms in total. The van der Waals surface area contributed by atoms with Crippen LogP contribution < -0.4 is 5.32 Å².